The fourth-order valence-electron chi connectivity index (χ4n) is 2.67. The molecule has 1 aliphatic carbocycles. The summed E-state index contributed by atoms with van der Waals surface area (Å²) in [6, 6.07) is 18.9. The Morgan fingerprint density at radius 3 is 2.22 bits per heavy atom. The molecule has 0 unspecified atom stereocenters. The number of carbonyl (C=O) groups is 1. The van der Waals surface area contributed by atoms with Crippen LogP contribution in [0, 0.1) is 6.92 Å². The Bertz CT molecular complexity index is 647. The van der Waals surface area contributed by atoms with Crippen LogP contribution < -0.4 is 10.6 Å². The highest BCUT2D eigenvalue weighted by Gasteiger charge is 2.27. The Morgan fingerprint density at radius 2 is 1.61 bits per heavy atom. The molecule has 2 aromatic rings. The van der Waals surface area contributed by atoms with Gasteiger partial charge >= 0.3 is 0 Å². The van der Waals surface area contributed by atoms with Crippen LogP contribution >= 0.6 is 0 Å². The molecule has 3 rings (SSSR count). The molecule has 2 N–H and O–H groups in total. The Hall–Kier alpha value is -2.13. The molecule has 0 bridgehead atoms. The van der Waals surface area contributed by atoms with Crippen LogP contribution in [0.15, 0.2) is 54.6 Å². The van der Waals surface area contributed by atoms with Crippen LogP contribution in [0.4, 0.5) is 0 Å². The maximum Gasteiger partial charge on any atom is 0.237 e. The molecule has 0 spiro atoms. The van der Waals surface area contributed by atoms with E-state index in [0.29, 0.717) is 6.04 Å². The van der Waals surface area contributed by atoms with E-state index < -0.39 is 0 Å². The average molecular weight is 308 g/mol. The summed E-state index contributed by atoms with van der Waals surface area (Å²) in [4.78, 5) is 12.3. The first-order chi connectivity index (χ1) is 11.1. The maximum absolute atomic E-state index is 12.3. The van der Waals surface area contributed by atoms with E-state index in [9.17, 15) is 4.79 Å². The summed E-state index contributed by atoms with van der Waals surface area (Å²) < 4.78 is 0. The lowest BCUT2D eigenvalue weighted by Crippen LogP contribution is -2.44. The largest absolute Gasteiger partial charge is 0.352 e. The predicted molar refractivity (Wildman–Crippen MR) is 93.2 cm³/mol. The molecule has 0 saturated heterocycles. The van der Waals surface area contributed by atoms with E-state index in [-0.39, 0.29) is 18.0 Å². The van der Waals surface area contributed by atoms with E-state index in [1.54, 1.807) is 0 Å². The number of benzene rings is 2. The fourth-order valence-corrected chi connectivity index (χ4v) is 2.67. The van der Waals surface area contributed by atoms with Gasteiger partial charge in [-0.1, -0.05) is 60.2 Å². The van der Waals surface area contributed by atoms with Crippen LogP contribution in [0.3, 0.4) is 0 Å². The summed E-state index contributed by atoms with van der Waals surface area (Å²) in [6.45, 7) is 4.02. The number of aryl methyl sites for hydroxylation is 1. The quantitative estimate of drug-likeness (QED) is 0.859. The zero-order valence-electron chi connectivity index (χ0n) is 13.8. The van der Waals surface area contributed by atoms with Gasteiger partial charge in [0, 0.05) is 6.04 Å². The average Bonchev–Trinajstić information content (AvgIpc) is 3.38. The second-order valence-electron chi connectivity index (χ2n) is 6.43. The molecule has 0 aliphatic heterocycles. The summed E-state index contributed by atoms with van der Waals surface area (Å²) in [5, 5.41) is 6.56. The third kappa shape index (κ3) is 4.20. The predicted octanol–water partition coefficient (Wildman–Crippen LogP) is 3.34. The molecule has 3 heteroatoms. The number of amides is 1. The van der Waals surface area contributed by atoms with Crippen LogP contribution in [0.1, 0.15) is 42.5 Å². The van der Waals surface area contributed by atoms with Gasteiger partial charge in [-0.3, -0.25) is 10.1 Å². The number of carbonyl (C=O) groups excluding carboxylic acids is 1. The highest BCUT2D eigenvalue weighted by atomic mass is 16.2. The van der Waals surface area contributed by atoms with Crippen molar-refractivity contribution in [2.75, 3.05) is 0 Å². The molecule has 1 aliphatic rings. The van der Waals surface area contributed by atoms with Crippen LogP contribution in [0.5, 0.6) is 0 Å². The highest BCUT2D eigenvalue weighted by Crippen LogP contribution is 2.23. The Labute approximate surface area is 138 Å². The summed E-state index contributed by atoms with van der Waals surface area (Å²) in [7, 11) is 0. The lowest BCUT2D eigenvalue weighted by atomic mass is 9.97. The van der Waals surface area contributed by atoms with Crippen molar-refractivity contribution < 1.29 is 4.79 Å². The third-order valence-electron chi connectivity index (χ3n) is 4.28. The van der Waals surface area contributed by atoms with Crippen LogP contribution in [0.2, 0.25) is 0 Å². The van der Waals surface area contributed by atoms with Crippen LogP contribution in [-0.2, 0) is 4.79 Å². The molecule has 0 radical (unpaired) electrons. The number of hydrogen-bond donors (Lipinski definition) is 2. The first-order valence-electron chi connectivity index (χ1n) is 8.31. The topological polar surface area (TPSA) is 41.1 Å². The van der Waals surface area contributed by atoms with Gasteiger partial charge in [0.25, 0.3) is 0 Å². The van der Waals surface area contributed by atoms with Crippen molar-refractivity contribution in [3.8, 4) is 0 Å². The van der Waals surface area contributed by atoms with Crippen molar-refractivity contribution >= 4 is 5.91 Å². The molecule has 1 fully saturated rings. The zero-order chi connectivity index (χ0) is 16.2. The molecule has 3 nitrogen and oxygen atoms in total. The Kier molecular flexibility index (Phi) is 4.77. The van der Waals surface area contributed by atoms with Crippen molar-refractivity contribution in [2.45, 2.75) is 44.8 Å². The van der Waals surface area contributed by atoms with Crippen LogP contribution in [-0.4, -0.2) is 18.0 Å². The second kappa shape index (κ2) is 6.97. The first kappa shape index (κ1) is 15.8. The molecular formula is C20H24N2O. The smallest absolute Gasteiger partial charge is 0.237 e. The van der Waals surface area contributed by atoms with Gasteiger partial charge < -0.3 is 5.32 Å². The normalized spacial score (nSPS) is 16.6. The summed E-state index contributed by atoms with van der Waals surface area (Å²) in [5.74, 6) is 0.0838. The molecule has 0 heterocycles. The molecule has 120 valence electrons. The third-order valence-corrected chi connectivity index (χ3v) is 4.28. The molecule has 1 saturated carbocycles. The van der Waals surface area contributed by atoms with E-state index >= 15 is 0 Å². The summed E-state index contributed by atoms with van der Waals surface area (Å²) in [5.41, 5.74) is 3.58. The first-order valence-corrected chi connectivity index (χ1v) is 8.31. The van der Waals surface area contributed by atoms with Crippen molar-refractivity contribution in [3.05, 3.63) is 71.3 Å². The highest BCUT2D eigenvalue weighted by molar-refractivity contribution is 5.82. The fraction of sp³-hybridized carbons (Fsp3) is 0.350. The van der Waals surface area contributed by atoms with Crippen molar-refractivity contribution in [1.82, 2.24) is 10.6 Å². The van der Waals surface area contributed by atoms with Gasteiger partial charge in [-0.15, -0.1) is 0 Å². The van der Waals surface area contributed by atoms with Gasteiger partial charge in [-0.2, -0.15) is 0 Å². The zero-order valence-corrected chi connectivity index (χ0v) is 13.8. The maximum atomic E-state index is 12.3. The van der Waals surface area contributed by atoms with Crippen molar-refractivity contribution in [3.63, 3.8) is 0 Å². The standard InChI is InChI=1S/C20H24N2O/c1-14-8-10-17(11-9-14)19(16-6-4-3-5-7-16)21-15(2)20(23)22-18-12-13-18/h3-11,15,18-19,21H,12-13H2,1-2H3,(H,22,23)/t15-,19-/m0/s1. The SMILES string of the molecule is Cc1ccc([C@@H](N[C@@H](C)C(=O)NC2CC2)c2ccccc2)cc1. The van der Waals surface area contributed by atoms with Gasteiger partial charge in [0.05, 0.1) is 12.1 Å². The second-order valence-corrected chi connectivity index (χ2v) is 6.43. The van der Waals surface area contributed by atoms with Crippen molar-refractivity contribution in [2.24, 2.45) is 0 Å². The van der Waals surface area contributed by atoms with Gasteiger partial charge in [0.2, 0.25) is 5.91 Å². The minimum atomic E-state index is -0.234. The van der Waals surface area contributed by atoms with E-state index in [1.807, 2.05) is 25.1 Å². The minimum absolute atomic E-state index is 0.0109. The molecular weight excluding hydrogens is 284 g/mol. The van der Waals surface area contributed by atoms with Crippen molar-refractivity contribution in [1.29, 1.82) is 0 Å². The molecule has 1 amide bonds. The summed E-state index contributed by atoms with van der Waals surface area (Å²) in [6.07, 6.45) is 2.22. The monoisotopic (exact) mass is 308 g/mol. The number of rotatable bonds is 6. The molecule has 23 heavy (non-hydrogen) atoms. The lowest BCUT2D eigenvalue weighted by molar-refractivity contribution is -0.123. The number of nitrogens with one attached hydrogen (secondary N) is 2. The molecule has 0 aromatic heterocycles. The Balaban J connectivity index is 1.80. The van der Waals surface area contributed by atoms with Gasteiger partial charge in [-0.05, 0) is 37.8 Å². The lowest BCUT2D eigenvalue weighted by Gasteiger charge is -2.24. The Morgan fingerprint density at radius 1 is 1.00 bits per heavy atom. The van der Waals surface area contributed by atoms with E-state index in [0.717, 1.165) is 12.8 Å². The van der Waals surface area contributed by atoms with Gasteiger partial charge in [0.1, 0.15) is 0 Å². The van der Waals surface area contributed by atoms with E-state index in [2.05, 4.69) is 54.0 Å². The molecule has 2 atom stereocenters. The minimum Gasteiger partial charge on any atom is -0.352 e. The van der Waals surface area contributed by atoms with Gasteiger partial charge in [-0.25, -0.2) is 0 Å². The van der Waals surface area contributed by atoms with Crippen LogP contribution in [0.25, 0.3) is 0 Å². The molecule has 2 aromatic carbocycles. The van der Waals surface area contributed by atoms with E-state index in [1.165, 1.54) is 16.7 Å². The number of hydrogen-bond acceptors (Lipinski definition) is 2. The van der Waals surface area contributed by atoms with Gasteiger partial charge in [0.15, 0.2) is 0 Å². The van der Waals surface area contributed by atoms with E-state index in [4.69, 9.17) is 0 Å². The summed E-state index contributed by atoms with van der Waals surface area (Å²) >= 11 is 0.